The van der Waals surface area contributed by atoms with Gasteiger partial charge in [0.25, 0.3) is 0 Å². The van der Waals surface area contributed by atoms with E-state index in [1.165, 1.54) is 55.5 Å². The summed E-state index contributed by atoms with van der Waals surface area (Å²) in [5.74, 6) is 0. The molecule has 0 fully saturated rings. The van der Waals surface area contributed by atoms with E-state index >= 15 is 0 Å². The quantitative estimate of drug-likeness (QED) is 0.422. The van der Waals surface area contributed by atoms with Gasteiger partial charge in [-0.15, -0.1) is 11.3 Å². The third kappa shape index (κ3) is 7.22. The van der Waals surface area contributed by atoms with Crippen LogP contribution in [-0.2, 0) is 10.8 Å². The van der Waals surface area contributed by atoms with Crippen molar-refractivity contribution in [2.75, 3.05) is 39.3 Å². The largest absolute Gasteiger partial charge is 0.395 e. The second kappa shape index (κ2) is 11.7. The molecular formula is C28H43N3OS. The number of aromatic nitrogens is 1. The number of aliphatic hydroxyl groups is 1. The van der Waals surface area contributed by atoms with Crippen molar-refractivity contribution >= 4 is 11.3 Å². The second-order valence-electron chi connectivity index (χ2n) is 10.6. The monoisotopic (exact) mass is 469 g/mol. The Morgan fingerprint density at radius 1 is 1.00 bits per heavy atom. The van der Waals surface area contributed by atoms with Gasteiger partial charge in [-0.2, -0.15) is 0 Å². The first kappa shape index (κ1) is 26.1. The second-order valence-corrected chi connectivity index (χ2v) is 11.7. The van der Waals surface area contributed by atoms with Gasteiger partial charge in [-0.1, -0.05) is 52.0 Å². The van der Waals surface area contributed by atoms with Crippen molar-refractivity contribution in [1.82, 2.24) is 15.2 Å². The summed E-state index contributed by atoms with van der Waals surface area (Å²) in [6.45, 7) is 16.9. The summed E-state index contributed by atoms with van der Waals surface area (Å²) in [5.41, 5.74) is 5.97. The van der Waals surface area contributed by atoms with Gasteiger partial charge >= 0.3 is 0 Å². The standard InChI is InChI=1S/C18H23NS.C10H20N2O/c1-12-19-16(11-20-12)13-6-7-14-15(10-13)18(4,5)9-8-17(14,2)3;13-10-6-11-5-9-12-7-3-1-2-4-8-12/h6-7,10-11H,8-9H2,1-5H3;1-2,11,13H,3-10H2. The first-order valence-corrected chi connectivity index (χ1v) is 13.4. The van der Waals surface area contributed by atoms with E-state index in [0.29, 0.717) is 12.0 Å². The highest BCUT2D eigenvalue weighted by molar-refractivity contribution is 7.09. The number of aliphatic hydroxyl groups excluding tert-OH is 1. The molecule has 2 heterocycles. The predicted octanol–water partition coefficient (Wildman–Crippen LogP) is 5.69. The summed E-state index contributed by atoms with van der Waals surface area (Å²) < 4.78 is 0. The minimum Gasteiger partial charge on any atom is -0.395 e. The van der Waals surface area contributed by atoms with Gasteiger partial charge < -0.3 is 15.3 Å². The smallest absolute Gasteiger partial charge is 0.0901 e. The number of fused-ring (bicyclic) bond motifs is 1. The van der Waals surface area contributed by atoms with E-state index in [2.05, 4.69) is 85.6 Å². The topological polar surface area (TPSA) is 48.4 Å². The molecule has 5 heteroatoms. The first-order chi connectivity index (χ1) is 15.7. The number of hydrogen-bond acceptors (Lipinski definition) is 5. The molecular weight excluding hydrogens is 426 g/mol. The summed E-state index contributed by atoms with van der Waals surface area (Å²) in [4.78, 5) is 7.10. The van der Waals surface area contributed by atoms with Gasteiger partial charge in [0.1, 0.15) is 0 Å². The number of hydrogen-bond donors (Lipinski definition) is 2. The fourth-order valence-electron chi connectivity index (χ4n) is 4.77. The van der Waals surface area contributed by atoms with Gasteiger partial charge in [0.05, 0.1) is 17.3 Å². The van der Waals surface area contributed by atoms with Crippen LogP contribution in [0.15, 0.2) is 35.7 Å². The normalized spacial score (nSPS) is 19.3. The summed E-state index contributed by atoms with van der Waals surface area (Å²) in [6.07, 6.45) is 9.41. The molecule has 1 aromatic heterocycles. The number of thiazole rings is 1. The van der Waals surface area contributed by atoms with Crippen molar-refractivity contribution in [2.24, 2.45) is 0 Å². The van der Waals surface area contributed by atoms with Crippen LogP contribution in [0, 0.1) is 6.92 Å². The highest BCUT2D eigenvalue weighted by Crippen LogP contribution is 2.46. The maximum Gasteiger partial charge on any atom is 0.0901 e. The summed E-state index contributed by atoms with van der Waals surface area (Å²) in [5, 5.41) is 15.1. The van der Waals surface area contributed by atoms with Crippen molar-refractivity contribution in [3.63, 3.8) is 0 Å². The van der Waals surface area contributed by atoms with E-state index < -0.39 is 0 Å². The van der Waals surface area contributed by atoms with E-state index in [0.717, 1.165) is 23.8 Å². The van der Waals surface area contributed by atoms with Crippen LogP contribution in [0.3, 0.4) is 0 Å². The fourth-order valence-corrected chi connectivity index (χ4v) is 5.39. The van der Waals surface area contributed by atoms with E-state index in [1.54, 1.807) is 11.3 Å². The number of aryl methyl sites for hydroxylation is 1. The van der Waals surface area contributed by atoms with Gasteiger partial charge in [0.2, 0.25) is 0 Å². The number of nitrogens with zero attached hydrogens (tertiary/aromatic N) is 2. The van der Waals surface area contributed by atoms with E-state index in [-0.39, 0.29) is 12.0 Å². The van der Waals surface area contributed by atoms with Crippen LogP contribution < -0.4 is 5.32 Å². The van der Waals surface area contributed by atoms with Gasteiger partial charge in [-0.05, 0) is 60.6 Å². The highest BCUT2D eigenvalue weighted by Gasteiger charge is 2.37. The molecule has 0 bridgehead atoms. The Kier molecular flexibility index (Phi) is 9.28. The number of rotatable bonds is 6. The third-order valence-corrected chi connectivity index (χ3v) is 7.83. The Hall–Kier alpha value is -1.53. The molecule has 0 saturated heterocycles. The van der Waals surface area contributed by atoms with Crippen molar-refractivity contribution in [1.29, 1.82) is 0 Å². The SMILES string of the molecule is Cc1nc(-c2ccc3c(c2)C(C)(C)CCC3(C)C)cs1.OCCNCCN1CCC=CCC1. The van der Waals surface area contributed by atoms with Crippen LogP contribution in [0.4, 0.5) is 0 Å². The zero-order chi connectivity index (χ0) is 23.9. The molecule has 0 unspecified atom stereocenters. The fraction of sp³-hybridized carbons (Fsp3) is 0.607. The van der Waals surface area contributed by atoms with Crippen LogP contribution in [0.2, 0.25) is 0 Å². The van der Waals surface area contributed by atoms with Crippen molar-refractivity contribution in [3.05, 3.63) is 51.9 Å². The Labute approximate surface area is 205 Å². The first-order valence-electron chi connectivity index (χ1n) is 12.5. The Balaban J connectivity index is 0.000000205. The van der Waals surface area contributed by atoms with E-state index in [4.69, 9.17) is 5.11 Å². The average Bonchev–Trinajstić information content (AvgIpc) is 3.06. The molecule has 1 aromatic carbocycles. The Morgan fingerprint density at radius 3 is 2.27 bits per heavy atom. The molecule has 0 radical (unpaired) electrons. The van der Waals surface area contributed by atoms with Crippen LogP contribution in [0.25, 0.3) is 11.3 Å². The van der Waals surface area contributed by atoms with E-state index in [9.17, 15) is 0 Å². The zero-order valence-corrected chi connectivity index (χ0v) is 22.1. The molecule has 33 heavy (non-hydrogen) atoms. The molecule has 0 atom stereocenters. The highest BCUT2D eigenvalue weighted by atomic mass is 32.1. The number of benzene rings is 1. The van der Waals surface area contributed by atoms with Gasteiger partial charge in [-0.3, -0.25) is 0 Å². The minimum absolute atomic E-state index is 0.238. The van der Waals surface area contributed by atoms with Crippen LogP contribution >= 0.6 is 11.3 Å². The lowest BCUT2D eigenvalue weighted by atomic mass is 9.63. The number of nitrogens with one attached hydrogen (secondary N) is 1. The van der Waals surface area contributed by atoms with Gasteiger partial charge in [0.15, 0.2) is 0 Å². The van der Waals surface area contributed by atoms with E-state index in [1.807, 2.05) is 0 Å². The molecule has 2 N–H and O–H groups in total. The lowest BCUT2D eigenvalue weighted by Gasteiger charge is -2.42. The lowest BCUT2D eigenvalue weighted by molar-refractivity contribution is 0.268. The van der Waals surface area contributed by atoms with Crippen LogP contribution in [0.1, 0.15) is 69.5 Å². The summed E-state index contributed by atoms with van der Waals surface area (Å²) in [6, 6.07) is 6.96. The molecule has 2 aromatic rings. The maximum atomic E-state index is 8.56. The lowest BCUT2D eigenvalue weighted by Crippen LogP contribution is -2.33. The molecule has 4 nitrogen and oxygen atoms in total. The predicted molar refractivity (Wildman–Crippen MR) is 142 cm³/mol. The maximum absolute atomic E-state index is 8.56. The van der Waals surface area contributed by atoms with Gasteiger partial charge in [-0.25, -0.2) is 4.98 Å². The minimum atomic E-state index is 0.238. The molecule has 1 aliphatic carbocycles. The molecule has 1 aliphatic heterocycles. The summed E-state index contributed by atoms with van der Waals surface area (Å²) >= 11 is 1.73. The molecule has 0 saturated carbocycles. The molecule has 2 aliphatic rings. The molecule has 4 rings (SSSR count). The van der Waals surface area contributed by atoms with Crippen LogP contribution in [-0.4, -0.2) is 54.3 Å². The molecule has 0 spiro atoms. The molecule has 182 valence electrons. The average molecular weight is 470 g/mol. The van der Waals surface area contributed by atoms with Crippen molar-refractivity contribution in [2.45, 2.75) is 71.1 Å². The van der Waals surface area contributed by atoms with Gasteiger partial charge in [0, 0.05) is 43.7 Å². The third-order valence-electron chi connectivity index (χ3n) is 7.05. The Morgan fingerprint density at radius 2 is 1.67 bits per heavy atom. The van der Waals surface area contributed by atoms with Crippen molar-refractivity contribution < 1.29 is 5.11 Å². The summed E-state index contributed by atoms with van der Waals surface area (Å²) in [7, 11) is 0. The Bertz CT molecular complexity index is 906. The van der Waals surface area contributed by atoms with Crippen molar-refractivity contribution in [3.8, 4) is 11.3 Å². The molecule has 0 amide bonds. The zero-order valence-electron chi connectivity index (χ0n) is 21.3. The van der Waals surface area contributed by atoms with Crippen LogP contribution in [0.5, 0.6) is 0 Å².